The largest absolute Gasteiger partial charge is 0.0654 e. The molecule has 29 heavy (non-hydrogen) atoms. The summed E-state index contributed by atoms with van der Waals surface area (Å²) in [5, 5.41) is 0. The molecular formula is C29H56. The monoisotopic (exact) mass is 404 g/mol. The van der Waals surface area contributed by atoms with Gasteiger partial charge in [-0.1, -0.05) is 155 Å². The van der Waals surface area contributed by atoms with Crippen LogP contribution in [0.15, 0.2) is 0 Å². The van der Waals surface area contributed by atoms with Crippen molar-refractivity contribution in [1.82, 2.24) is 0 Å². The normalized spacial score (nSPS) is 31.7. The van der Waals surface area contributed by atoms with Gasteiger partial charge in [0, 0.05) is 0 Å². The van der Waals surface area contributed by atoms with Crippen molar-refractivity contribution < 1.29 is 0 Å². The van der Waals surface area contributed by atoms with Crippen LogP contribution in [0.3, 0.4) is 0 Å². The maximum Gasteiger partial charge on any atom is -0.0357 e. The van der Waals surface area contributed by atoms with E-state index in [0.717, 1.165) is 23.7 Å². The van der Waals surface area contributed by atoms with Crippen LogP contribution in [0.2, 0.25) is 0 Å². The lowest BCUT2D eigenvalue weighted by Gasteiger charge is -2.38. The lowest BCUT2D eigenvalue weighted by Crippen LogP contribution is -2.27. The fourth-order valence-corrected chi connectivity index (χ4v) is 6.75. The predicted molar refractivity (Wildman–Crippen MR) is 131 cm³/mol. The zero-order valence-corrected chi connectivity index (χ0v) is 20.6. The van der Waals surface area contributed by atoms with Crippen LogP contribution >= 0.6 is 0 Å². The molecule has 0 heterocycles. The van der Waals surface area contributed by atoms with Crippen LogP contribution in [0, 0.1) is 23.7 Å². The SMILES string of the molecule is CCCCC1CCCCCCCCCCC(C2CCCCC2CCCC)CCC1. The molecule has 0 heteroatoms. The summed E-state index contributed by atoms with van der Waals surface area (Å²) in [4.78, 5) is 0. The summed E-state index contributed by atoms with van der Waals surface area (Å²) in [6.45, 7) is 4.76. The first-order valence-electron chi connectivity index (χ1n) is 14.3. The van der Waals surface area contributed by atoms with Crippen LogP contribution in [0.1, 0.15) is 162 Å². The second kappa shape index (κ2) is 16.7. The van der Waals surface area contributed by atoms with E-state index < -0.39 is 0 Å². The van der Waals surface area contributed by atoms with Crippen molar-refractivity contribution in [2.24, 2.45) is 23.7 Å². The van der Waals surface area contributed by atoms with Crippen molar-refractivity contribution in [3.05, 3.63) is 0 Å². The molecule has 0 aromatic rings. The molecule has 4 atom stereocenters. The van der Waals surface area contributed by atoms with Crippen molar-refractivity contribution in [1.29, 1.82) is 0 Å². The maximum absolute atomic E-state index is 2.39. The molecule has 4 unspecified atom stereocenters. The highest BCUT2D eigenvalue weighted by molar-refractivity contribution is 4.82. The highest BCUT2D eigenvalue weighted by Crippen LogP contribution is 2.42. The van der Waals surface area contributed by atoms with Gasteiger partial charge in [-0.15, -0.1) is 0 Å². The molecule has 0 spiro atoms. The first-order valence-corrected chi connectivity index (χ1v) is 14.3. The molecule has 0 N–H and O–H groups in total. The molecule has 2 saturated carbocycles. The van der Waals surface area contributed by atoms with Crippen LogP contribution in [0.5, 0.6) is 0 Å². The fourth-order valence-electron chi connectivity index (χ4n) is 6.75. The zero-order chi connectivity index (χ0) is 20.6. The summed E-state index contributed by atoms with van der Waals surface area (Å²) in [5.41, 5.74) is 0. The van der Waals surface area contributed by atoms with Crippen molar-refractivity contribution in [2.45, 2.75) is 162 Å². The zero-order valence-electron chi connectivity index (χ0n) is 20.6. The van der Waals surface area contributed by atoms with E-state index in [1.807, 2.05) is 0 Å². The summed E-state index contributed by atoms with van der Waals surface area (Å²) in [5.74, 6) is 4.27. The van der Waals surface area contributed by atoms with Gasteiger partial charge >= 0.3 is 0 Å². The molecule has 0 radical (unpaired) electrons. The third-order valence-corrected chi connectivity index (χ3v) is 8.59. The van der Waals surface area contributed by atoms with E-state index in [1.165, 1.54) is 116 Å². The fraction of sp³-hybridized carbons (Fsp3) is 1.00. The maximum atomic E-state index is 2.39. The van der Waals surface area contributed by atoms with Gasteiger partial charge in [0.05, 0.1) is 0 Å². The molecule has 2 aliphatic carbocycles. The van der Waals surface area contributed by atoms with E-state index in [2.05, 4.69) is 13.8 Å². The summed E-state index contributed by atoms with van der Waals surface area (Å²) in [7, 11) is 0. The van der Waals surface area contributed by atoms with Gasteiger partial charge < -0.3 is 0 Å². The van der Waals surface area contributed by atoms with Gasteiger partial charge in [0.25, 0.3) is 0 Å². The van der Waals surface area contributed by atoms with Crippen molar-refractivity contribution in [2.75, 3.05) is 0 Å². The molecule has 0 saturated heterocycles. The van der Waals surface area contributed by atoms with Gasteiger partial charge in [0.1, 0.15) is 0 Å². The molecule has 172 valence electrons. The van der Waals surface area contributed by atoms with Gasteiger partial charge in [-0.2, -0.15) is 0 Å². The Morgan fingerprint density at radius 2 is 1.00 bits per heavy atom. The quantitative estimate of drug-likeness (QED) is 0.395. The van der Waals surface area contributed by atoms with Crippen LogP contribution in [0.4, 0.5) is 0 Å². The number of rotatable bonds is 7. The molecule has 2 fully saturated rings. The smallest absolute Gasteiger partial charge is 0.0357 e. The highest BCUT2D eigenvalue weighted by atomic mass is 14.4. The Morgan fingerprint density at radius 1 is 0.483 bits per heavy atom. The van der Waals surface area contributed by atoms with Gasteiger partial charge in [0.2, 0.25) is 0 Å². The standard InChI is InChI=1S/C29H56/c1-3-5-18-26-19-13-11-9-7-8-10-12-14-22-28(24-17-20-26)29-25-16-15-23-27(29)21-6-4-2/h26-29H,3-25H2,1-2H3. The first-order chi connectivity index (χ1) is 14.3. The van der Waals surface area contributed by atoms with E-state index in [9.17, 15) is 0 Å². The minimum atomic E-state index is 1.04. The molecule has 2 aliphatic rings. The first kappa shape index (κ1) is 25.3. The Bertz CT molecular complexity index is 359. The van der Waals surface area contributed by atoms with Crippen LogP contribution in [-0.2, 0) is 0 Å². The second-order valence-electron chi connectivity index (χ2n) is 11.0. The average Bonchev–Trinajstić information content (AvgIpc) is 2.76. The van der Waals surface area contributed by atoms with E-state index >= 15 is 0 Å². The minimum absolute atomic E-state index is 1.04. The lowest BCUT2D eigenvalue weighted by atomic mass is 9.68. The van der Waals surface area contributed by atoms with Crippen molar-refractivity contribution in [3.63, 3.8) is 0 Å². The van der Waals surface area contributed by atoms with Gasteiger partial charge in [-0.05, 0) is 30.1 Å². The summed E-state index contributed by atoms with van der Waals surface area (Å²) in [6, 6.07) is 0. The predicted octanol–water partition coefficient (Wildman–Crippen LogP) is 10.5. The Labute approximate surface area is 185 Å². The number of hydrogen-bond acceptors (Lipinski definition) is 0. The molecule has 2 rings (SSSR count). The molecule has 0 bridgehead atoms. The Kier molecular flexibility index (Phi) is 14.5. The Balaban J connectivity index is 1.94. The topological polar surface area (TPSA) is 0 Å². The van der Waals surface area contributed by atoms with Crippen LogP contribution < -0.4 is 0 Å². The van der Waals surface area contributed by atoms with Gasteiger partial charge in [-0.3, -0.25) is 0 Å². The Morgan fingerprint density at radius 3 is 1.72 bits per heavy atom. The number of unbranched alkanes of at least 4 members (excludes halogenated alkanes) is 2. The van der Waals surface area contributed by atoms with E-state index in [-0.39, 0.29) is 0 Å². The molecule has 0 aromatic carbocycles. The molecular weight excluding hydrogens is 348 g/mol. The summed E-state index contributed by atoms with van der Waals surface area (Å²) in [6.07, 6.45) is 34.8. The van der Waals surface area contributed by atoms with Gasteiger partial charge in [-0.25, -0.2) is 0 Å². The second-order valence-corrected chi connectivity index (χ2v) is 11.0. The third kappa shape index (κ3) is 10.7. The Hall–Kier alpha value is 0. The van der Waals surface area contributed by atoms with Crippen molar-refractivity contribution >= 4 is 0 Å². The summed E-state index contributed by atoms with van der Waals surface area (Å²) < 4.78 is 0. The van der Waals surface area contributed by atoms with Gasteiger partial charge in [0.15, 0.2) is 0 Å². The summed E-state index contributed by atoms with van der Waals surface area (Å²) >= 11 is 0. The van der Waals surface area contributed by atoms with E-state index in [4.69, 9.17) is 0 Å². The van der Waals surface area contributed by atoms with Crippen molar-refractivity contribution in [3.8, 4) is 0 Å². The van der Waals surface area contributed by atoms with Crippen LogP contribution in [0.25, 0.3) is 0 Å². The minimum Gasteiger partial charge on any atom is -0.0654 e. The number of hydrogen-bond donors (Lipinski definition) is 0. The molecule has 0 aromatic heterocycles. The molecule has 0 aliphatic heterocycles. The average molecular weight is 405 g/mol. The molecule has 0 amide bonds. The molecule has 0 nitrogen and oxygen atoms in total. The van der Waals surface area contributed by atoms with E-state index in [0.29, 0.717) is 0 Å². The van der Waals surface area contributed by atoms with E-state index in [1.54, 1.807) is 32.1 Å². The lowest BCUT2D eigenvalue weighted by molar-refractivity contribution is 0.130. The van der Waals surface area contributed by atoms with Crippen LogP contribution in [-0.4, -0.2) is 0 Å². The highest BCUT2D eigenvalue weighted by Gasteiger charge is 2.30. The third-order valence-electron chi connectivity index (χ3n) is 8.59.